The molecule has 0 amide bonds. The third kappa shape index (κ3) is 3.62. The van der Waals surface area contributed by atoms with E-state index in [-0.39, 0.29) is 16.6 Å². The molecule has 5 nitrogen and oxygen atoms in total. The van der Waals surface area contributed by atoms with Crippen molar-refractivity contribution < 1.29 is 9.84 Å². The van der Waals surface area contributed by atoms with Crippen molar-refractivity contribution in [3.05, 3.63) is 60.1 Å². The molecule has 1 heterocycles. The van der Waals surface area contributed by atoms with Crippen LogP contribution in [0.2, 0.25) is 0 Å². The van der Waals surface area contributed by atoms with Gasteiger partial charge < -0.3 is 14.8 Å². The van der Waals surface area contributed by atoms with Crippen LogP contribution >= 0.6 is 11.8 Å². The number of aromatic amines is 1. The number of H-pyrrole nitrogens is 1. The molecule has 25 heavy (non-hydrogen) atoms. The van der Waals surface area contributed by atoms with E-state index in [9.17, 15) is 10.4 Å². The van der Waals surface area contributed by atoms with Crippen LogP contribution in [0, 0.1) is 11.3 Å². The van der Waals surface area contributed by atoms with Crippen molar-refractivity contribution in [3.8, 4) is 11.8 Å². The van der Waals surface area contributed by atoms with E-state index in [1.165, 1.54) is 11.8 Å². The van der Waals surface area contributed by atoms with Gasteiger partial charge in [-0.1, -0.05) is 12.1 Å². The molecule has 0 radical (unpaired) electrons. The number of methoxy groups -OCH3 is 1. The molecule has 126 valence electrons. The maximum Gasteiger partial charge on any atom is 0.152 e. The van der Waals surface area contributed by atoms with Crippen LogP contribution in [0.15, 0.2) is 59.2 Å². The fourth-order valence-corrected chi connectivity index (χ4v) is 3.35. The Labute approximate surface area is 150 Å². The Balaban J connectivity index is 1.88. The van der Waals surface area contributed by atoms with Crippen LogP contribution in [-0.2, 0) is 0 Å². The molecule has 0 bridgehead atoms. The Bertz CT molecular complexity index is 922. The highest BCUT2D eigenvalue weighted by molar-refractivity contribution is 8.00. The molecule has 0 aliphatic rings. The van der Waals surface area contributed by atoms with Gasteiger partial charge in [0.05, 0.1) is 23.4 Å². The number of thioether (sulfide) groups is 1. The van der Waals surface area contributed by atoms with Crippen LogP contribution in [-0.4, -0.2) is 27.4 Å². The van der Waals surface area contributed by atoms with Gasteiger partial charge in [-0.2, -0.15) is 5.26 Å². The van der Waals surface area contributed by atoms with E-state index in [1.807, 2.05) is 55.5 Å². The molecule has 2 N–H and O–H groups in total. The normalized spacial score (nSPS) is 13.2. The van der Waals surface area contributed by atoms with E-state index in [2.05, 4.69) is 16.0 Å². The average molecular weight is 351 g/mol. The summed E-state index contributed by atoms with van der Waals surface area (Å²) in [6.45, 7) is 1.85. The van der Waals surface area contributed by atoms with Gasteiger partial charge in [0.2, 0.25) is 0 Å². The van der Waals surface area contributed by atoms with Gasteiger partial charge in [-0.05, 0) is 43.3 Å². The molecular weight excluding hydrogens is 334 g/mol. The number of ether oxygens (including phenoxy) is 1. The number of benzene rings is 2. The number of fused-ring (bicyclic) bond motifs is 1. The third-order valence-electron chi connectivity index (χ3n) is 3.75. The van der Waals surface area contributed by atoms with Crippen LogP contribution in [0.25, 0.3) is 16.6 Å². The Hall–Kier alpha value is -2.91. The van der Waals surface area contributed by atoms with Gasteiger partial charge in [0.15, 0.2) is 5.82 Å². The van der Waals surface area contributed by atoms with Crippen LogP contribution < -0.4 is 4.74 Å². The number of allylic oxidation sites excluding steroid dienone is 1. The lowest BCUT2D eigenvalue weighted by Crippen LogP contribution is -2.04. The number of nitrogens with zero attached hydrogens (tertiary/aromatic N) is 2. The van der Waals surface area contributed by atoms with Gasteiger partial charge in [-0.15, -0.1) is 11.8 Å². The van der Waals surface area contributed by atoms with E-state index < -0.39 is 0 Å². The number of rotatable bonds is 5. The number of aliphatic hydroxyl groups is 1. The highest BCUT2D eigenvalue weighted by Crippen LogP contribution is 2.31. The number of nitriles is 1. The summed E-state index contributed by atoms with van der Waals surface area (Å²) in [5.74, 6) is 1.16. The fraction of sp³-hybridized carbons (Fsp3) is 0.158. The van der Waals surface area contributed by atoms with Crippen LogP contribution in [0.4, 0.5) is 0 Å². The maximum atomic E-state index is 10.6. The van der Waals surface area contributed by atoms with Crippen molar-refractivity contribution in [2.75, 3.05) is 7.11 Å². The molecule has 1 atom stereocenters. The first-order valence-corrected chi connectivity index (χ1v) is 8.59. The molecule has 0 aliphatic heterocycles. The molecule has 0 fully saturated rings. The minimum Gasteiger partial charge on any atom is -0.510 e. The first-order valence-electron chi connectivity index (χ1n) is 7.71. The predicted octanol–water partition coefficient (Wildman–Crippen LogP) is 4.54. The second-order valence-electron chi connectivity index (χ2n) is 5.41. The number of imidazole rings is 1. The number of hydrogen-bond acceptors (Lipinski definition) is 5. The van der Waals surface area contributed by atoms with Crippen molar-refractivity contribution in [1.82, 2.24) is 9.97 Å². The highest BCUT2D eigenvalue weighted by Gasteiger charge is 2.19. The molecule has 3 rings (SSSR count). The third-order valence-corrected chi connectivity index (χ3v) is 4.87. The Morgan fingerprint density at radius 1 is 1.24 bits per heavy atom. The number of aromatic nitrogens is 2. The molecule has 2 aromatic carbocycles. The van der Waals surface area contributed by atoms with E-state index in [4.69, 9.17) is 4.74 Å². The highest BCUT2D eigenvalue weighted by atomic mass is 32.2. The van der Waals surface area contributed by atoms with Crippen molar-refractivity contribution in [2.45, 2.75) is 17.1 Å². The zero-order chi connectivity index (χ0) is 17.8. The van der Waals surface area contributed by atoms with Gasteiger partial charge >= 0.3 is 0 Å². The summed E-state index contributed by atoms with van der Waals surface area (Å²) in [5, 5.41) is 19.8. The Morgan fingerprint density at radius 2 is 1.96 bits per heavy atom. The number of nitrogens with one attached hydrogen (secondary N) is 1. The monoisotopic (exact) mass is 351 g/mol. The van der Waals surface area contributed by atoms with Crippen molar-refractivity contribution >= 4 is 28.4 Å². The summed E-state index contributed by atoms with van der Waals surface area (Å²) >= 11 is 1.46. The second kappa shape index (κ2) is 7.32. The molecule has 1 unspecified atom stereocenters. The van der Waals surface area contributed by atoms with Crippen molar-refractivity contribution in [3.63, 3.8) is 0 Å². The van der Waals surface area contributed by atoms with Crippen molar-refractivity contribution in [1.29, 1.82) is 5.26 Å². The maximum absolute atomic E-state index is 10.6. The smallest absolute Gasteiger partial charge is 0.152 e. The molecule has 1 aromatic heterocycles. The van der Waals surface area contributed by atoms with Crippen LogP contribution in [0.3, 0.4) is 0 Å². The number of aliphatic hydroxyl groups excluding tert-OH is 1. The summed E-state index contributed by atoms with van der Waals surface area (Å²) in [6, 6.07) is 17.1. The van der Waals surface area contributed by atoms with Gasteiger partial charge in [0, 0.05) is 4.90 Å². The topological polar surface area (TPSA) is 81.9 Å². The number of para-hydroxylation sites is 2. The van der Waals surface area contributed by atoms with Gasteiger partial charge in [0.25, 0.3) is 0 Å². The molecular formula is C19H17N3O2S. The zero-order valence-corrected chi connectivity index (χ0v) is 14.7. The Morgan fingerprint density at radius 3 is 2.60 bits per heavy atom. The summed E-state index contributed by atoms with van der Waals surface area (Å²) in [4.78, 5) is 8.45. The van der Waals surface area contributed by atoms with Crippen LogP contribution in [0.1, 0.15) is 12.7 Å². The largest absolute Gasteiger partial charge is 0.510 e. The first-order chi connectivity index (χ1) is 12.1. The van der Waals surface area contributed by atoms with E-state index >= 15 is 0 Å². The lowest BCUT2D eigenvalue weighted by Gasteiger charge is -2.12. The minimum absolute atomic E-state index is 0.00220. The fourth-order valence-electron chi connectivity index (χ4n) is 2.42. The standard InChI is InChI=1S/C19H17N3O2S/c1-12(25-14-9-7-13(24-2)8-10-14)18(23)15(11-20)19-21-16-5-3-4-6-17(16)22-19/h3-10,12,23H,1-2H3,(H,21,22)/b18-15+. The molecule has 0 aliphatic carbocycles. The summed E-state index contributed by atoms with van der Waals surface area (Å²) in [5.41, 5.74) is 1.74. The minimum atomic E-state index is -0.295. The summed E-state index contributed by atoms with van der Waals surface area (Å²) < 4.78 is 5.14. The Kier molecular flexibility index (Phi) is 4.96. The molecule has 0 spiro atoms. The molecule has 0 saturated carbocycles. The molecule has 6 heteroatoms. The molecule has 3 aromatic rings. The van der Waals surface area contributed by atoms with Gasteiger partial charge in [-0.25, -0.2) is 4.98 Å². The number of hydrogen-bond donors (Lipinski definition) is 2. The predicted molar refractivity (Wildman–Crippen MR) is 99.6 cm³/mol. The lowest BCUT2D eigenvalue weighted by molar-refractivity contribution is 0.402. The summed E-state index contributed by atoms with van der Waals surface area (Å²) in [7, 11) is 1.62. The first kappa shape index (κ1) is 16.9. The van der Waals surface area contributed by atoms with E-state index in [0.717, 1.165) is 21.7 Å². The average Bonchev–Trinajstić information content (AvgIpc) is 3.06. The van der Waals surface area contributed by atoms with Gasteiger partial charge in [0.1, 0.15) is 23.2 Å². The van der Waals surface area contributed by atoms with Crippen LogP contribution in [0.5, 0.6) is 5.75 Å². The van der Waals surface area contributed by atoms with E-state index in [1.54, 1.807) is 7.11 Å². The zero-order valence-electron chi connectivity index (χ0n) is 13.9. The van der Waals surface area contributed by atoms with Crippen molar-refractivity contribution in [2.24, 2.45) is 0 Å². The lowest BCUT2D eigenvalue weighted by atomic mass is 10.2. The summed E-state index contributed by atoms with van der Waals surface area (Å²) in [6.07, 6.45) is 0. The second-order valence-corrected chi connectivity index (χ2v) is 6.82. The molecule has 0 saturated heterocycles. The SMILES string of the molecule is COc1ccc(SC(C)/C(O)=C(/C#N)c2nc3ccccc3[nH]2)cc1. The van der Waals surface area contributed by atoms with Gasteiger partial charge in [-0.3, -0.25) is 0 Å². The quantitative estimate of drug-likeness (QED) is 0.400. The van der Waals surface area contributed by atoms with E-state index in [0.29, 0.717) is 5.82 Å².